The first-order valence-electron chi connectivity index (χ1n) is 6.18. The van der Waals surface area contributed by atoms with Crippen LogP contribution in [0.25, 0.3) is 0 Å². The van der Waals surface area contributed by atoms with Gasteiger partial charge in [0.15, 0.2) is 0 Å². The highest BCUT2D eigenvalue weighted by Crippen LogP contribution is 2.37. The average molecular weight is 319 g/mol. The van der Waals surface area contributed by atoms with E-state index >= 15 is 0 Å². The topological polar surface area (TPSA) is 70.0 Å². The zero-order valence-corrected chi connectivity index (χ0v) is 12.8. The van der Waals surface area contributed by atoms with E-state index in [1.54, 1.807) is 0 Å². The number of thiophene rings is 1. The molecule has 0 saturated heterocycles. The second-order valence-electron chi connectivity index (χ2n) is 4.49. The third-order valence-corrected chi connectivity index (χ3v) is 6.13. The van der Waals surface area contributed by atoms with E-state index in [0.717, 1.165) is 36.1 Å². The van der Waals surface area contributed by atoms with Crippen molar-refractivity contribution in [1.82, 2.24) is 0 Å². The number of fused-ring (bicyclic) bond motifs is 1. The molecule has 0 spiro atoms. The summed E-state index contributed by atoms with van der Waals surface area (Å²) in [5, 5.41) is 9.74. The molecule has 104 valence electrons. The highest BCUT2D eigenvalue weighted by atomic mass is 35.5. The summed E-state index contributed by atoms with van der Waals surface area (Å²) in [6.07, 6.45) is 5.13. The number of alkyl halides is 1. The van der Waals surface area contributed by atoms with E-state index in [9.17, 15) is 13.7 Å². The molecule has 0 fully saturated rings. The van der Waals surface area contributed by atoms with Gasteiger partial charge in [-0.05, 0) is 31.2 Å². The van der Waals surface area contributed by atoms with Crippen molar-refractivity contribution in [2.24, 2.45) is 0 Å². The maximum atomic E-state index is 11.8. The molecule has 2 rings (SSSR count). The van der Waals surface area contributed by atoms with Crippen LogP contribution in [0.4, 0.5) is 5.00 Å². The van der Waals surface area contributed by atoms with Crippen molar-refractivity contribution in [3.05, 3.63) is 16.0 Å². The van der Waals surface area contributed by atoms with Crippen LogP contribution in [0.15, 0.2) is 0 Å². The number of nitriles is 1. The Kier molecular flexibility index (Phi) is 4.71. The lowest BCUT2D eigenvalue weighted by Gasteiger charge is -2.04. The monoisotopic (exact) mass is 318 g/mol. The second-order valence-corrected chi connectivity index (χ2v) is 7.82. The maximum absolute atomic E-state index is 11.8. The van der Waals surface area contributed by atoms with Crippen LogP contribution in [0, 0.1) is 11.3 Å². The number of aryl methyl sites for hydroxylation is 1. The van der Waals surface area contributed by atoms with Gasteiger partial charge in [-0.15, -0.1) is 22.9 Å². The standard InChI is InChI=1S/C12H15ClN2O2S2/c13-6-7-19(16,17)15-12-10(8-14)9-4-2-1-3-5-11(9)18-12/h15H,1-7H2. The molecule has 1 aromatic heterocycles. The highest BCUT2D eigenvalue weighted by molar-refractivity contribution is 7.93. The minimum absolute atomic E-state index is 0.0440. The molecule has 19 heavy (non-hydrogen) atoms. The molecule has 0 radical (unpaired) electrons. The number of nitrogens with one attached hydrogen (secondary N) is 1. The summed E-state index contributed by atoms with van der Waals surface area (Å²) in [5.41, 5.74) is 1.54. The van der Waals surface area contributed by atoms with Gasteiger partial charge in [0.2, 0.25) is 10.0 Å². The normalized spacial score (nSPS) is 15.4. The van der Waals surface area contributed by atoms with E-state index in [-0.39, 0.29) is 11.6 Å². The molecule has 1 aromatic rings. The Balaban J connectivity index is 2.35. The van der Waals surface area contributed by atoms with E-state index < -0.39 is 10.0 Å². The molecule has 0 amide bonds. The molecule has 0 unspecified atom stereocenters. The third kappa shape index (κ3) is 3.41. The minimum atomic E-state index is -3.45. The molecule has 4 nitrogen and oxygen atoms in total. The van der Waals surface area contributed by atoms with Crippen LogP contribution >= 0.6 is 22.9 Å². The van der Waals surface area contributed by atoms with Gasteiger partial charge in [-0.3, -0.25) is 4.72 Å². The van der Waals surface area contributed by atoms with Gasteiger partial charge in [0.1, 0.15) is 11.1 Å². The molecule has 1 N–H and O–H groups in total. The van der Waals surface area contributed by atoms with Crippen molar-refractivity contribution in [2.45, 2.75) is 32.1 Å². The quantitative estimate of drug-likeness (QED) is 0.685. The SMILES string of the molecule is N#Cc1c(NS(=O)(=O)CCCl)sc2c1CCCCC2. The Hall–Kier alpha value is -0.770. The van der Waals surface area contributed by atoms with Crippen molar-refractivity contribution < 1.29 is 8.42 Å². The Morgan fingerprint density at radius 3 is 2.74 bits per heavy atom. The van der Waals surface area contributed by atoms with Crippen molar-refractivity contribution >= 4 is 38.0 Å². The van der Waals surface area contributed by atoms with E-state index in [2.05, 4.69) is 10.8 Å². The zero-order valence-electron chi connectivity index (χ0n) is 10.4. The number of rotatable bonds is 4. The summed E-state index contributed by atoms with van der Waals surface area (Å²) >= 11 is 6.86. The van der Waals surface area contributed by atoms with Crippen LogP contribution in [0.2, 0.25) is 0 Å². The molecule has 0 saturated carbocycles. The number of nitrogens with zero attached hydrogens (tertiary/aromatic N) is 1. The zero-order chi connectivity index (χ0) is 13.9. The molecule has 0 aliphatic heterocycles. The molecule has 1 heterocycles. The van der Waals surface area contributed by atoms with E-state index in [0.29, 0.717) is 10.6 Å². The Bertz CT molecular complexity index is 602. The summed E-state index contributed by atoms with van der Waals surface area (Å²) in [4.78, 5) is 1.15. The third-order valence-electron chi connectivity index (χ3n) is 3.13. The predicted octanol–water partition coefficient (Wildman–Crippen LogP) is 2.87. The minimum Gasteiger partial charge on any atom is -0.273 e. The van der Waals surface area contributed by atoms with Gasteiger partial charge in [-0.2, -0.15) is 5.26 Å². The van der Waals surface area contributed by atoms with E-state index in [1.165, 1.54) is 17.8 Å². The summed E-state index contributed by atoms with van der Waals surface area (Å²) in [7, 11) is -3.45. The molecule has 1 aliphatic rings. The van der Waals surface area contributed by atoms with Gasteiger partial charge in [0.05, 0.1) is 11.3 Å². The molecule has 1 aliphatic carbocycles. The van der Waals surface area contributed by atoms with Crippen LogP contribution in [0.5, 0.6) is 0 Å². The fraction of sp³-hybridized carbons (Fsp3) is 0.583. The van der Waals surface area contributed by atoms with Crippen molar-refractivity contribution in [2.75, 3.05) is 16.4 Å². The molecule has 0 atom stereocenters. The van der Waals surface area contributed by atoms with E-state index in [4.69, 9.17) is 11.6 Å². The van der Waals surface area contributed by atoms with Crippen LogP contribution in [0.3, 0.4) is 0 Å². The number of sulfonamides is 1. The van der Waals surface area contributed by atoms with Crippen LogP contribution < -0.4 is 4.72 Å². The van der Waals surface area contributed by atoms with Gasteiger partial charge >= 0.3 is 0 Å². The summed E-state index contributed by atoms with van der Waals surface area (Å²) < 4.78 is 26.0. The van der Waals surface area contributed by atoms with Gasteiger partial charge in [-0.25, -0.2) is 8.42 Å². The van der Waals surface area contributed by atoms with Crippen molar-refractivity contribution in [3.63, 3.8) is 0 Å². The molecule has 0 bridgehead atoms. The summed E-state index contributed by atoms with van der Waals surface area (Å²) in [6, 6.07) is 2.15. The Labute approximate surface area is 122 Å². The maximum Gasteiger partial charge on any atom is 0.234 e. The van der Waals surface area contributed by atoms with Crippen LogP contribution in [-0.4, -0.2) is 20.1 Å². The molecular weight excluding hydrogens is 304 g/mol. The molecular formula is C12H15ClN2O2S2. The van der Waals surface area contributed by atoms with Gasteiger partial charge in [0, 0.05) is 10.8 Å². The lowest BCUT2D eigenvalue weighted by atomic mass is 10.1. The first-order valence-corrected chi connectivity index (χ1v) is 9.19. The largest absolute Gasteiger partial charge is 0.273 e. The van der Waals surface area contributed by atoms with Gasteiger partial charge < -0.3 is 0 Å². The predicted molar refractivity (Wildman–Crippen MR) is 78.4 cm³/mol. The number of anilines is 1. The van der Waals surface area contributed by atoms with Gasteiger partial charge in [-0.1, -0.05) is 6.42 Å². The van der Waals surface area contributed by atoms with Crippen molar-refractivity contribution in [1.29, 1.82) is 5.26 Å². The first kappa shape index (κ1) is 14.6. The van der Waals surface area contributed by atoms with Crippen molar-refractivity contribution in [3.8, 4) is 6.07 Å². The Morgan fingerprint density at radius 1 is 1.32 bits per heavy atom. The first-order chi connectivity index (χ1) is 9.07. The average Bonchev–Trinajstić information content (AvgIpc) is 2.51. The number of hydrogen-bond donors (Lipinski definition) is 1. The number of hydrogen-bond acceptors (Lipinski definition) is 4. The summed E-state index contributed by atoms with van der Waals surface area (Å²) in [6.45, 7) is 0. The lowest BCUT2D eigenvalue weighted by Crippen LogP contribution is -2.17. The molecule has 0 aromatic carbocycles. The van der Waals surface area contributed by atoms with Crippen LogP contribution in [-0.2, 0) is 22.9 Å². The fourth-order valence-corrected chi connectivity index (χ4v) is 5.16. The lowest BCUT2D eigenvalue weighted by molar-refractivity contribution is 0.602. The van der Waals surface area contributed by atoms with Gasteiger partial charge in [0.25, 0.3) is 0 Å². The Morgan fingerprint density at radius 2 is 2.05 bits per heavy atom. The van der Waals surface area contributed by atoms with Crippen LogP contribution in [0.1, 0.15) is 35.3 Å². The molecule has 7 heteroatoms. The smallest absolute Gasteiger partial charge is 0.234 e. The fourth-order valence-electron chi connectivity index (χ4n) is 2.23. The summed E-state index contributed by atoms with van der Waals surface area (Å²) in [5.74, 6) is -0.0930. The second kappa shape index (κ2) is 6.12. The number of halogens is 1. The van der Waals surface area contributed by atoms with E-state index in [1.807, 2.05) is 0 Å². The highest BCUT2D eigenvalue weighted by Gasteiger charge is 2.22.